The number of nitrogens with zero attached hydrogens (tertiary/aromatic N) is 2. The fraction of sp³-hybridized carbons (Fsp3) is 0.368. The maximum Gasteiger partial charge on any atom is 0.317 e. The number of piperidine rings is 1. The van der Waals surface area contributed by atoms with Gasteiger partial charge in [-0.3, -0.25) is 4.98 Å². The summed E-state index contributed by atoms with van der Waals surface area (Å²) in [5, 5.41) is 2.84. The Morgan fingerprint density at radius 1 is 1.32 bits per heavy atom. The number of rotatable bonds is 5. The van der Waals surface area contributed by atoms with Gasteiger partial charge >= 0.3 is 6.03 Å². The Bertz CT molecular complexity index is 696. The number of benzene rings is 1. The predicted molar refractivity (Wildman–Crippen MR) is 92.3 cm³/mol. The van der Waals surface area contributed by atoms with Gasteiger partial charge in [-0.15, -0.1) is 0 Å². The number of halogens is 1. The van der Waals surface area contributed by atoms with Gasteiger partial charge in [-0.1, -0.05) is 18.2 Å². The van der Waals surface area contributed by atoms with E-state index in [9.17, 15) is 9.18 Å². The fourth-order valence-electron chi connectivity index (χ4n) is 2.88. The molecular formula is C19H22FN3O2. The second-order valence-electron chi connectivity index (χ2n) is 6.13. The first kappa shape index (κ1) is 17.4. The van der Waals surface area contributed by atoms with E-state index in [2.05, 4.69) is 10.3 Å². The summed E-state index contributed by atoms with van der Waals surface area (Å²) in [6.45, 7) is 2.02. The van der Waals surface area contributed by atoms with Crippen molar-refractivity contribution in [2.45, 2.75) is 32.1 Å². The van der Waals surface area contributed by atoms with Crippen LogP contribution in [0.4, 0.5) is 9.18 Å². The monoisotopic (exact) mass is 343 g/mol. The van der Waals surface area contributed by atoms with Crippen LogP contribution in [0.25, 0.3) is 0 Å². The van der Waals surface area contributed by atoms with Gasteiger partial charge in [0.15, 0.2) is 0 Å². The zero-order chi connectivity index (χ0) is 17.5. The Kier molecular flexibility index (Phi) is 5.95. The lowest BCUT2D eigenvalue weighted by atomic mass is 10.1. The van der Waals surface area contributed by atoms with Crippen LogP contribution >= 0.6 is 0 Å². The molecule has 132 valence electrons. The minimum absolute atomic E-state index is 0.00989. The van der Waals surface area contributed by atoms with Crippen LogP contribution in [0.5, 0.6) is 0 Å². The summed E-state index contributed by atoms with van der Waals surface area (Å²) >= 11 is 0. The fourth-order valence-corrected chi connectivity index (χ4v) is 2.88. The summed E-state index contributed by atoms with van der Waals surface area (Å²) in [5.41, 5.74) is 1.63. The molecule has 3 rings (SSSR count). The van der Waals surface area contributed by atoms with Crippen LogP contribution < -0.4 is 5.32 Å². The molecule has 1 saturated heterocycles. The third-order valence-electron chi connectivity index (χ3n) is 4.19. The maximum atomic E-state index is 13.2. The zero-order valence-corrected chi connectivity index (χ0v) is 14.0. The topological polar surface area (TPSA) is 54.5 Å². The lowest BCUT2D eigenvalue weighted by molar-refractivity contribution is -0.00168. The van der Waals surface area contributed by atoms with Gasteiger partial charge in [-0.25, -0.2) is 9.18 Å². The molecule has 1 N–H and O–H groups in total. The Balaban J connectivity index is 1.46. The molecule has 1 fully saturated rings. The summed E-state index contributed by atoms with van der Waals surface area (Å²) in [6.07, 6.45) is 3.59. The van der Waals surface area contributed by atoms with Crippen molar-refractivity contribution in [2.24, 2.45) is 0 Å². The van der Waals surface area contributed by atoms with Crippen LogP contribution in [0.15, 0.2) is 48.7 Å². The molecule has 1 aromatic heterocycles. The largest absolute Gasteiger partial charge is 0.370 e. The molecule has 1 aromatic carbocycles. The summed E-state index contributed by atoms with van der Waals surface area (Å²) < 4.78 is 19.1. The van der Waals surface area contributed by atoms with Crippen molar-refractivity contribution in [1.82, 2.24) is 15.2 Å². The molecule has 1 atom stereocenters. The first-order valence-corrected chi connectivity index (χ1v) is 8.49. The first-order chi connectivity index (χ1) is 12.2. The minimum atomic E-state index is -0.298. The quantitative estimate of drug-likeness (QED) is 0.907. The van der Waals surface area contributed by atoms with Crippen molar-refractivity contribution in [3.63, 3.8) is 0 Å². The number of ether oxygens (including phenoxy) is 1. The molecule has 1 aliphatic rings. The first-order valence-electron chi connectivity index (χ1n) is 8.49. The number of hydrogen-bond acceptors (Lipinski definition) is 3. The van der Waals surface area contributed by atoms with Crippen molar-refractivity contribution < 1.29 is 13.9 Å². The number of likely N-dealkylation sites (tertiary alicyclic amines) is 1. The van der Waals surface area contributed by atoms with Crippen LogP contribution in [0.1, 0.15) is 24.1 Å². The van der Waals surface area contributed by atoms with Crippen molar-refractivity contribution in [3.05, 3.63) is 65.7 Å². The Morgan fingerprint density at radius 2 is 2.24 bits per heavy atom. The normalized spacial score (nSPS) is 17.3. The minimum Gasteiger partial charge on any atom is -0.370 e. The van der Waals surface area contributed by atoms with Crippen molar-refractivity contribution in [3.8, 4) is 0 Å². The summed E-state index contributed by atoms with van der Waals surface area (Å²) in [4.78, 5) is 18.3. The lowest BCUT2D eigenvalue weighted by Crippen LogP contribution is -2.47. The SMILES string of the molecule is O=C(NCc1cccc(F)c1)N1CCCC(OCc2ccccn2)C1. The molecule has 2 amide bonds. The van der Waals surface area contributed by atoms with E-state index in [1.165, 1.54) is 12.1 Å². The van der Waals surface area contributed by atoms with E-state index in [1.807, 2.05) is 18.2 Å². The maximum absolute atomic E-state index is 13.2. The molecule has 0 bridgehead atoms. The van der Waals surface area contributed by atoms with Crippen LogP contribution in [-0.2, 0) is 17.9 Å². The van der Waals surface area contributed by atoms with Crippen molar-refractivity contribution >= 4 is 6.03 Å². The number of carbonyl (C=O) groups is 1. The third-order valence-corrected chi connectivity index (χ3v) is 4.19. The van der Waals surface area contributed by atoms with E-state index in [0.29, 0.717) is 26.2 Å². The van der Waals surface area contributed by atoms with Gasteiger partial charge in [0.1, 0.15) is 5.82 Å². The Labute approximate surface area is 146 Å². The molecule has 2 aromatic rings. The van der Waals surface area contributed by atoms with Gasteiger partial charge in [0.05, 0.1) is 18.4 Å². The van der Waals surface area contributed by atoms with E-state index < -0.39 is 0 Å². The number of aromatic nitrogens is 1. The van der Waals surface area contributed by atoms with Crippen molar-refractivity contribution in [2.75, 3.05) is 13.1 Å². The number of hydrogen-bond donors (Lipinski definition) is 1. The third kappa shape index (κ3) is 5.26. The summed E-state index contributed by atoms with van der Waals surface area (Å²) in [6, 6.07) is 11.8. The summed E-state index contributed by atoms with van der Waals surface area (Å²) in [5.74, 6) is -0.298. The standard InChI is InChI=1S/C19H22FN3O2/c20-16-6-3-5-15(11-16)12-22-19(24)23-10-4-8-18(13-23)25-14-17-7-1-2-9-21-17/h1-3,5-7,9,11,18H,4,8,10,12-14H2,(H,22,24). The smallest absolute Gasteiger partial charge is 0.317 e. The van der Waals surface area contributed by atoms with E-state index in [1.54, 1.807) is 23.2 Å². The zero-order valence-electron chi connectivity index (χ0n) is 14.0. The number of nitrogens with one attached hydrogen (secondary N) is 1. The van der Waals surface area contributed by atoms with Gasteiger partial charge in [0, 0.05) is 25.8 Å². The molecule has 5 nitrogen and oxygen atoms in total. The van der Waals surface area contributed by atoms with Crippen molar-refractivity contribution in [1.29, 1.82) is 0 Å². The van der Waals surface area contributed by atoms with Gasteiger partial charge < -0.3 is 15.0 Å². The van der Waals surface area contributed by atoms with Crippen LogP contribution in [0.3, 0.4) is 0 Å². The van der Waals surface area contributed by atoms with E-state index in [-0.39, 0.29) is 18.0 Å². The van der Waals surface area contributed by atoms with Gasteiger partial charge in [-0.05, 0) is 42.7 Å². The number of carbonyl (C=O) groups excluding carboxylic acids is 1. The predicted octanol–water partition coefficient (Wildman–Crippen LogP) is 3.11. The van der Waals surface area contributed by atoms with E-state index in [0.717, 1.165) is 24.1 Å². The highest BCUT2D eigenvalue weighted by Gasteiger charge is 2.24. The Morgan fingerprint density at radius 3 is 3.04 bits per heavy atom. The van der Waals surface area contributed by atoms with E-state index in [4.69, 9.17) is 4.74 Å². The summed E-state index contributed by atoms with van der Waals surface area (Å²) in [7, 11) is 0. The molecule has 1 unspecified atom stereocenters. The van der Waals surface area contributed by atoms with Gasteiger partial charge in [0.2, 0.25) is 0 Å². The molecule has 25 heavy (non-hydrogen) atoms. The van der Waals surface area contributed by atoms with Gasteiger partial charge in [0.25, 0.3) is 0 Å². The second-order valence-corrected chi connectivity index (χ2v) is 6.13. The number of pyridine rings is 1. The van der Waals surface area contributed by atoms with Crippen LogP contribution in [0.2, 0.25) is 0 Å². The van der Waals surface area contributed by atoms with E-state index >= 15 is 0 Å². The molecule has 0 radical (unpaired) electrons. The van der Waals surface area contributed by atoms with Crippen LogP contribution in [0, 0.1) is 5.82 Å². The highest BCUT2D eigenvalue weighted by molar-refractivity contribution is 5.74. The molecular weight excluding hydrogens is 321 g/mol. The van der Waals surface area contributed by atoms with Crippen LogP contribution in [-0.4, -0.2) is 35.1 Å². The molecule has 0 saturated carbocycles. The average molecular weight is 343 g/mol. The lowest BCUT2D eigenvalue weighted by Gasteiger charge is -2.32. The molecule has 6 heteroatoms. The second kappa shape index (κ2) is 8.58. The van der Waals surface area contributed by atoms with Gasteiger partial charge in [-0.2, -0.15) is 0 Å². The molecule has 0 spiro atoms. The Hall–Kier alpha value is -2.47. The highest BCUT2D eigenvalue weighted by Crippen LogP contribution is 2.15. The number of amides is 2. The molecule has 2 heterocycles. The average Bonchev–Trinajstić information content (AvgIpc) is 2.65. The molecule has 0 aliphatic carbocycles. The molecule has 1 aliphatic heterocycles. The highest BCUT2D eigenvalue weighted by atomic mass is 19.1. The number of urea groups is 1.